The number of carbonyl (C=O) groups is 1. The minimum atomic E-state index is -0.792. The van der Waals surface area contributed by atoms with Crippen molar-refractivity contribution in [2.45, 2.75) is 194 Å². The van der Waals surface area contributed by atoms with Gasteiger partial charge in [-0.1, -0.05) is 20.1 Å². The van der Waals surface area contributed by atoms with E-state index in [0.29, 0.717) is 38.5 Å². The number of hydrogen-bond donors (Lipinski definition) is 0. The largest absolute Gasteiger partial charge is 0.378 e. The summed E-state index contributed by atoms with van der Waals surface area (Å²) in [4.78, 5) is 24.9. The molecular weight excluding hydrogens is 686 g/mol. The second kappa shape index (κ2) is 14.6. The number of ether oxygens (including phenoxy) is 9. The first-order chi connectivity index (χ1) is 25.6. The van der Waals surface area contributed by atoms with E-state index in [4.69, 9.17) is 42.6 Å². The van der Waals surface area contributed by atoms with Crippen molar-refractivity contribution in [3.05, 3.63) is 34.4 Å². The molecule has 0 saturated carbocycles. The van der Waals surface area contributed by atoms with Gasteiger partial charge in [0.2, 0.25) is 6.54 Å². The lowest BCUT2D eigenvalue weighted by Crippen LogP contribution is -2.61. The fourth-order valence-corrected chi connectivity index (χ4v) is 11.4. The summed E-state index contributed by atoms with van der Waals surface area (Å²) in [5.41, 5.74) is 2.17. The maximum Gasteiger partial charge on any atom is 0.204 e. The molecule has 4 unspecified atom stereocenters. The summed E-state index contributed by atoms with van der Waals surface area (Å²) < 4.78 is 60.0. The van der Waals surface area contributed by atoms with Gasteiger partial charge in [-0.25, -0.2) is 0 Å². The third kappa shape index (κ3) is 6.98. The Bertz CT molecular complexity index is 1440. The van der Waals surface area contributed by atoms with E-state index in [1.807, 2.05) is 0 Å². The minimum absolute atomic E-state index is 0.0276. The summed E-state index contributed by atoms with van der Waals surface area (Å²) in [7, 11) is 1.64. The number of methoxy groups -OCH3 is 1. The molecule has 53 heavy (non-hydrogen) atoms. The normalized spacial score (nSPS) is 50.9. The zero-order valence-electron chi connectivity index (χ0n) is 31.2. The topological polar surface area (TPSA) is 143 Å². The van der Waals surface area contributed by atoms with Gasteiger partial charge in [-0.15, -0.1) is 0 Å². The molecule has 10 fully saturated rings. The van der Waals surface area contributed by atoms with Crippen LogP contribution in [0.4, 0.5) is 0 Å². The number of rotatable bonds is 5. The minimum Gasteiger partial charge on any atom is -0.378 e. The quantitative estimate of drug-likeness (QED) is 0.217. The van der Waals surface area contributed by atoms with Gasteiger partial charge < -0.3 is 42.6 Å². The average molecular weight is 744 g/mol. The molecule has 12 bridgehead atoms. The molecule has 294 valence electrons. The molecule has 10 saturated heterocycles. The Hall–Kier alpha value is -1.81. The van der Waals surface area contributed by atoms with E-state index in [2.05, 4.69) is 20.1 Å². The number of fused-ring (bicyclic) bond motifs is 6. The second-order valence-corrected chi connectivity index (χ2v) is 17.5. The van der Waals surface area contributed by atoms with Crippen molar-refractivity contribution in [3.63, 3.8) is 0 Å². The van der Waals surface area contributed by atoms with Crippen molar-refractivity contribution < 1.29 is 52.3 Å². The number of Topliss-reactive ketones (excluding diaryl/α,β-unsaturated/α-hetero) is 1. The highest BCUT2D eigenvalue weighted by Gasteiger charge is 2.68. The van der Waals surface area contributed by atoms with Crippen LogP contribution in [0, 0.1) is 22.0 Å². The zero-order valence-corrected chi connectivity index (χ0v) is 31.2. The Morgan fingerprint density at radius 1 is 0.792 bits per heavy atom. The third-order valence-electron chi connectivity index (χ3n) is 14.0. The molecule has 0 aromatic carbocycles. The van der Waals surface area contributed by atoms with E-state index >= 15 is 0 Å². The molecule has 10 heterocycles. The van der Waals surface area contributed by atoms with Crippen molar-refractivity contribution >= 4 is 5.78 Å². The predicted molar refractivity (Wildman–Crippen MR) is 188 cm³/mol. The molecule has 13 heteroatoms. The van der Waals surface area contributed by atoms with E-state index in [9.17, 15) is 14.9 Å². The SMILES string of the molecule is C=C1C[C@@H]2CC[C@@]34C[C@H]5O[C@H]6[C@@H](O3)[C@H]3O[C@H](CC[C@@H]3O[C@H]6[C@H]5O4)CC(=O)CC3[C@@H](OC)C(CCC[N+](=O)[O-])O[C@H]3C[C@H]3OC(CC[C@@H]1O2)CC(C)C3=C. The molecule has 1 spiro atoms. The molecule has 13 nitrogen and oxygen atoms in total. The van der Waals surface area contributed by atoms with Gasteiger partial charge in [0.15, 0.2) is 5.79 Å². The first kappa shape index (κ1) is 36.8. The lowest BCUT2D eigenvalue weighted by molar-refractivity contribution is -0.480. The van der Waals surface area contributed by atoms with E-state index in [0.717, 1.165) is 49.7 Å². The van der Waals surface area contributed by atoms with Crippen molar-refractivity contribution in [1.82, 2.24) is 0 Å². The molecule has 0 amide bonds. The monoisotopic (exact) mass is 743 g/mol. The second-order valence-electron chi connectivity index (χ2n) is 17.5. The Morgan fingerprint density at radius 2 is 1.55 bits per heavy atom. The Morgan fingerprint density at radius 3 is 2.38 bits per heavy atom. The van der Waals surface area contributed by atoms with Crippen molar-refractivity contribution in [1.29, 1.82) is 0 Å². The van der Waals surface area contributed by atoms with Gasteiger partial charge in [0.25, 0.3) is 0 Å². The number of hydrogen-bond acceptors (Lipinski definition) is 12. The third-order valence-corrected chi connectivity index (χ3v) is 14.0. The van der Waals surface area contributed by atoms with Crippen LogP contribution >= 0.6 is 0 Å². The molecule has 10 rings (SSSR count). The standard InChI is InChI=1S/C40H57NO12/c1-20-14-24-7-9-28-21(2)15-26(46-28)11-12-40-19-33-36(52-40)37-38(51-33)39(53-40)35-30(50-37)10-8-25(48-35)16-23(42)17-27-32(18-31(47-24)22(20)3)49-29(34(27)45-4)6-5-13-41(43)44/h20,24-39H,2-3,5-19H2,1,4H3/t20?,24?,25-,26+,27?,28+,29?,30+,31-,32+,33-,34-,35+,36+,37+,38-,39+,40+/m1/s1. The van der Waals surface area contributed by atoms with Crippen LogP contribution in [0.15, 0.2) is 24.3 Å². The Labute approximate surface area is 311 Å². The van der Waals surface area contributed by atoms with E-state index in [-0.39, 0.29) is 133 Å². The average Bonchev–Trinajstić information content (AvgIpc) is 3.80. The lowest BCUT2D eigenvalue weighted by atomic mass is 9.81. The summed E-state index contributed by atoms with van der Waals surface area (Å²) in [5.74, 6) is -0.680. The van der Waals surface area contributed by atoms with Crippen molar-refractivity contribution in [3.8, 4) is 0 Å². The van der Waals surface area contributed by atoms with E-state index in [1.165, 1.54) is 0 Å². The summed E-state index contributed by atoms with van der Waals surface area (Å²) in [6, 6.07) is 0. The molecular formula is C40H57NO12. The maximum absolute atomic E-state index is 14.1. The number of nitro groups is 1. The summed E-state index contributed by atoms with van der Waals surface area (Å²) in [6.45, 7) is 11.0. The van der Waals surface area contributed by atoms with Crippen LogP contribution in [0.3, 0.4) is 0 Å². The van der Waals surface area contributed by atoms with Gasteiger partial charge in [0.1, 0.15) is 36.3 Å². The molecule has 0 aromatic rings. The summed E-state index contributed by atoms with van der Waals surface area (Å²) in [5, 5.41) is 11.2. The van der Waals surface area contributed by atoms with Gasteiger partial charge in [-0.2, -0.15) is 0 Å². The molecule has 0 aromatic heterocycles. The van der Waals surface area contributed by atoms with Gasteiger partial charge in [-0.05, 0) is 68.4 Å². The Kier molecular flexibility index (Phi) is 10.1. The highest BCUT2D eigenvalue weighted by Crippen LogP contribution is 2.54. The van der Waals surface area contributed by atoms with Crippen LogP contribution in [0.5, 0.6) is 0 Å². The van der Waals surface area contributed by atoms with E-state index in [1.54, 1.807) is 7.11 Å². The van der Waals surface area contributed by atoms with Gasteiger partial charge >= 0.3 is 0 Å². The van der Waals surface area contributed by atoms with Crippen molar-refractivity contribution in [2.75, 3.05) is 13.7 Å². The van der Waals surface area contributed by atoms with Crippen molar-refractivity contribution in [2.24, 2.45) is 11.8 Å². The molecule has 18 atom stereocenters. The number of ketones is 1. The van der Waals surface area contributed by atoms with Gasteiger partial charge in [-0.3, -0.25) is 14.9 Å². The molecule has 10 aliphatic rings. The van der Waals surface area contributed by atoms with E-state index < -0.39 is 5.79 Å². The number of nitrogens with zero attached hydrogens (tertiary/aromatic N) is 1. The van der Waals surface area contributed by atoms with Crippen LogP contribution in [0.25, 0.3) is 0 Å². The smallest absolute Gasteiger partial charge is 0.204 e. The molecule has 0 N–H and O–H groups in total. The Balaban J connectivity index is 0.984. The van der Waals surface area contributed by atoms with Crippen LogP contribution in [-0.2, 0) is 47.4 Å². The highest BCUT2D eigenvalue weighted by molar-refractivity contribution is 5.79. The van der Waals surface area contributed by atoms with Crippen LogP contribution in [-0.4, -0.2) is 122 Å². The fourth-order valence-electron chi connectivity index (χ4n) is 11.4. The van der Waals surface area contributed by atoms with Crippen LogP contribution in [0.1, 0.15) is 96.8 Å². The maximum atomic E-state index is 14.1. The van der Waals surface area contributed by atoms with Gasteiger partial charge in [0, 0.05) is 56.5 Å². The summed E-state index contributed by atoms with van der Waals surface area (Å²) >= 11 is 0. The summed E-state index contributed by atoms with van der Waals surface area (Å²) in [6.07, 6.45) is 5.78. The first-order valence-electron chi connectivity index (χ1n) is 20.4. The van der Waals surface area contributed by atoms with Crippen LogP contribution in [0.2, 0.25) is 0 Å². The fraction of sp³-hybridized carbons (Fsp3) is 0.875. The number of carbonyl (C=O) groups excluding carboxylic acids is 1. The molecule has 0 radical (unpaired) electrons. The first-order valence-corrected chi connectivity index (χ1v) is 20.4. The van der Waals surface area contributed by atoms with Crippen LogP contribution < -0.4 is 0 Å². The molecule has 10 aliphatic heterocycles. The lowest BCUT2D eigenvalue weighted by Gasteiger charge is -2.47. The zero-order chi connectivity index (χ0) is 36.6. The molecule has 0 aliphatic carbocycles. The van der Waals surface area contributed by atoms with Gasteiger partial charge in [0.05, 0.1) is 61.0 Å². The predicted octanol–water partition coefficient (Wildman–Crippen LogP) is 4.79. The highest BCUT2D eigenvalue weighted by atomic mass is 16.8.